The van der Waals surface area contributed by atoms with E-state index in [2.05, 4.69) is 24.1 Å². The number of aromatic nitrogens is 1. The van der Waals surface area contributed by atoms with Crippen LogP contribution in [0.4, 0.5) is 0 Å². The number of H-pyrrole nitrogens is 1. The van der Waals surface area contributed by atoms with Gasteiger partial charge in [-0.2, -0.15) is 0 Å². The summed E-state index contributed by atoms with van der Waals surface area (Å²) in [5.41, 5.74) is -0.0350. The van der Waals surface area contributed by atoms with Gasteiger partial charge in [0, 0.05) is 24.5 Å². The first-order chi connectivity index (χ1) is 8.58. The summed E-state index contributed by atoms with van der Waals surface area (Å²) in [6.45, 7) is 4.48. The zero-order chi connectivity index (χ0) is 13.1. The van der Waals surface area contributed by atoms with Crippen LogP contribution in [0.1, 0.15) is 43.5 Å². The Morgan fingerprint density at radius 2 is 2.11 bits per heavy atom. The number of pyridine rings is 1. The molecule has 1 saturated carbocycles. The maximum absolute atomic E-state index is 12.0. The molecule has 4 nitrogen and oxygen atoms in total. The molecule has 1 heterocycles. The Labute approximate surface area is 107 Å². The van der Waals surface area contributed by atoms with Gasteiger partial charge in [-0.3, -0.25) is 9.59 Å². The van der Waals surface area contributed by atoms with Crippen molar-refractivity contribution >= 4 is 5.91 Å². The van der Waals surface area contributed by atoms with Crippen LogP contribution in [-0.2, 0) is 0 Å². The minimum absolute atomic E-state index is 0.198. The van der Waals surface area contributed by atoms with Gasteiger partial charge in [-0.25, -0.2) is 0 Å². The smallest absolute Gasteiger partial charge is 0.256 e. The van der Waals surface area contributed by atoms with Gasteiger partial charge < -0.3 is 10.3 Å². The first kappa shape index (κ1) is 12.9. The van der Waals surface area contributed by atoms with Crippen LogP contribution in [0, 0.1) is 11.8 Å². The maximum Gasteiger partial charge on any atom is 0.256 e. The fourth-order valence-corrected chi connectivity index (χ4v) is 2.54. The number of rotatable bonds is 2. The van der Waals surface area contributed by atoms with Gasteiger partial charge in [0.15, 0.2) is 5.43 Å². The molecular weight excluding hydrogens is 228 g/mol. The van der Waals surface area contributed by atoms with E-state index in [9.17, 15) is 9.59 Å². The molecule has 0 spiro atoms. The van der Waals surface area contributed by atoms with Crippen molar-refractivity contribution in [2.45, 2.75) is 39.2 Å². The van der Waals surface area contributed by atoms with Crippen LogP contribution in [0.25, 0.3) is 0 Å². The summed E-state index contributed by atoms with van der Waals surface area (Å²) in [5.74, 6) is 1.08. The highest BCUT2D eigenvalue weighted by molar-refractivity contribution is 5.93. The van der Waals surface area contributed by atoms with E-state index in [4.69, 9.17) is 0 Å². The molecule has 2 N–H and O–H groups in total. The molecule has 2 rings (SSSR count). The lowest BCUT2D eigenvalue weighted by molar-refractivity contribution is 0.0909. The fourth-order valence-electron chi connectivity index (χ4n) is 2.54. The second kappa shape index (κ2) is 5.38. The number of aromatic amines is 1. The van der Waals surface area contributed by atoms with Gasteiger partial charge in [-0.1, -0.05) is 13.8 Å². The summed E-state index contributed by atoms with van der Waals surface area (Å²) < 4.78 is 0. The molecule has 4 heteroatoms. The molecule has 3 atom stereocenters. The second-order valence-corrected chi connectivity index (χ2v) is 5.36. The lowest BCUT2D eigenvalue weighted by Crippen LogP contribution is -2.41. The molecule has 3 unspecified atom stereocenters. The normalized spacial score (nSPS) is 27.8. The van der Waals surface area contributed by atoms with Gasteiger partial charge in [0.1, 0.15) is 5.56 Å². The molecule has 0 bridgehead atoms. The number of hydrogen-bond acceptors (Lipinski definition) is 2. The van der Waals surface area contributed by atoms with Gasteiger partial charge >= 0.3 is 0 Å². The van der Waals surface area contributed by atoms with Crippen molar-refractivity contribution in [2.75, 3.05) is 0 Å². The van der Waals surface area contributed by atoms with Crippen LogP contribution in [0.5, 0.6) is 0 Å². The highest BCUT2D eigenvalue weighted by Gasteiger charge is 2.26. The third-order valence-corrected chi connectivity index (χ3v) is 4.00. The first-order valence-corrected chi connectivity index (χ1v) is 6.56. The van der Waals surface area contributed by atoms with Crippen molar-refractivity contribution in [2.24, 2.45) is 11.8 Å². The molecule has 0 aromatic carbocycles. The fraction of sp³-hybridized carbons (Fsp3) is 0.571. The Hall–Kier alpha value is -1.58. The van der Waals surface area contributed by atoms with Crippen LogP contribution < -0.4 is 10.7 Å². The number of carbonyl (C=O) groups is 1. The monoisotopic (exact) mass is 248 g/mol. The third kappa shape index (κ3) is 2.81. The molecule has 98 valence electrons. The molecule has 1 aliphatic rings. The SMILES string of the molecule is CC1CCC(NC(=O)c2c[nH]ccc2=O)CC1C. The van der Waals surface area contributed by atoms with Crippen molar-refractivity contribution in [3.8, 4) is 0 Å². The third-order valence-electron chi connectivity index (χ3n) is 4.00. The summed E-state index contributed by atoms with van der Waals surface area (Å²) >= 11 is 0. The van der Waals surface area contributed by atoms with Crippen molar-refractivity contribution in [1.29, 1.82) is 0 Å². The van der Waals surface area contributed by atoms with E-state index >= 15 is 0 Å². The van der Waals surface area contributed by atoms with Crippen molar-refractivity contribution in [3.05, 3.63) is 34.2 Å². The predicted molar refractivity (Wildman–Crippen MR) is 70.5 cm³/mol. The zero-order valence-corrected chi connectivity index (χ0v) is 10.9. The zero-order valence-electron chi connectivity index (χ0n) is 10.9. The van der Waals surface area contributed by atoms with E-state index in [0.29, 0.717) is 5.92 Å². The average molecular weight is 248 g/mol. The number of carbonyl (C=O) groups excluding carboxylic acids is 1. The van der Waals surface area contributed by atoms with Crippen molar-refractivity contribution in [1.82, 2.24) is 10.3 Å². The van der Waals surface area contributed by atoms with E-state index in [1.807, 2.05) is 0 Å². The van der Waals surface area contributed by atoms with E-state index in [0.717, 1.165) is 25.2 Å². The van der Waals surface area contributed by atoms with Gasteiger partial charge in [-0.05, 0) is 31.1 Å². The number of hydrogen-bond donors (Lipinski definition) is 2. The quantitative estimate of drug-likeness (QED) is 0.840. The largest absolute Gasteiger partial charge is 0.367 e. The topological polar surface area (TPSA) is 62.0 Å². The molecule has 0 radical (unpaired) electrons. The Balaban J connectivity index is 2.00. The molecule has 1 fully saturated rings. The maximum atomic E-state index is 12.0. The minimum Gasteiger partial charge on any atom is -0.367 e. The molecule has 1 amide bonds. The molecule has 1 aromatic rings. The summed E-state index contributed by atoms with van der Waals surface area (Å²) in [4.78, 5) is 26.3. The minimum atomic E-state index is -0.261. The average Bonchev–Trinajstić information content (AvgIpc) is 2.34. The van der Waals surface area contributed by atoms with Gasteiger partial charge in [-0.15, -0.1) is 0 Å². The molecule has 1 aliphatic carbocycles. The van der Waals surface area contributed by atoms with Crippen LogP contribution in [0.15, 0.2) is 23.3 Å². The van der Waals surface area contributed by atoms with E-state index in [1.54, 1.807) is 0 Å². The van der Waals surface area contributed by atoms with Crippen molar-refractivity contribution < 1.29 is 4.79 Å². The highest BCUT2D eigenvalue weighted by Crippen LogP contribution is 2.29. The van der Waals surface area contributed by atoms with Crippen LogP contribution in [-0.4, -0.2) is 16.9 Å². The Morgan fingerprint density at radius 1 is 1.33 bits per heavy atom. The van der Waals surface area contributed by atoms with E-state index < -0.39 is 0 Å². The summed E-state index contributed by atoms with van der Waals surface area (Å²) in [6, 6.07) is 1.57. The molecular formula is C14H20N2O2. The second-order valence-electron chi connectivity index (χ2n) is 5.36. The van der Waals surface area contributed by atoms with E-state index in [-0.39, 0.29) is 22.9 Å². The van der Waals surface area contributed by atoms with Crippen molar-refractivity contribution in [3.63, 3.8) is 0 Å². The Kier molecular flexibility index (Phi) is 3.84. The van der Waals surface area contributed by atoms with Crippen LogP contribution in [0.3, 0.4) is 0 Å². The summed E-state index contributed by atoms with van der Waals surface area (Å²) in [6.07, 6.45) is 6.13. The lowest BCUT2D eigenvalue weighted by atomic mass is 9.79. The lowest BCUT2D eigenvalue weighted by Gasteiger charge is -2.32. The van der Waals surface area contributed by atoms with Gasteiger partial charge in [0.05, 0.1) is 0 Å². The summed E-state index contributed by atoms with van der Waals surface area (Å²) in [5, 5.41) is 2.97. The predicted octanol–water partition coefficient (Wildman–Crippen LogP) is 1.93. The number of amides is 1. The van der Waals surface area contributed by atoms with Gasteiger partial charge in [0.2, 0.25) is 0 Å². The van der Waals surface area contributed by atoms with Crippen LogP contribution in [0.2, 0.25) is 0 Å². The molecule has 18 heavy (non-hydrogen) atoms. The number of nitrogens with one attached hydrogen (secondary N) is 2. The standard InChI is InChI=1S/C14H20N2O2/c1-9-3-4-11(7-10(9)2)16-14(18)12-8-15-6-5-13(12)17/h5-6,8-11H,3-4,7H2,1-2H3,(H,15,17)(H,16,18). The first-order valence-electron chi connectivity index (χ1n) is 6.56. The van der Waals surface area contributed by atoms with Crippen LogP contribution >= 0.6 is 0 Å². The van der Waals surface area contributed by atoms with Gasteiger partial charge in [0.25, 0.3) is 5.91 Å². The Bertz CT molecular complexity index is 481. The Morgan fingerprint density at radius 3 is 2.78 bits per heavy atom. The molecule has 0 aliphatic heterocycles. The molecule has 1 aromatic heterocycles. The highest BCUT2D eigenvalue weighted by atomic mass is 16.2. The van der Waals surface area contributed by atoms with E-state index in [1.165, 1.54) is 18.5 Å². The summed E-state index contributed by atoms with van der Waals surface area (Å²) in [7, 11) is 0. The molecule has 0 saturated heterocycles.